The average molecular weight is 320 g/mol. The molecule has 0 atom stereocenters. The molecule has 1 N–H and O–H groups in total. The Balaban J connectivity index is 1.95. The molecule has 0 aliphatic carbocycles. The number of benzene rings is 2. The van der Waals surface area contributed by atoms with E-state index in [0.717, 1.165) is 15.5 Å². The van der Waals surface area contributed by atoms with Gasteiger partial charge in [0.2, 0.25) is 0 Å². The average Bonchev–Trinajstić information content (AvgIpc) is 2.75. The van der Waals surface area contributed by atoms with Crippen molar-refractivity contribution in [2.24, 2.45) is 0 Å². The van der Waals surface area contributed by atoms with Gasteiger partial charge in [-0.3, -0.25) is 9.59 Å². The topological polar surface area (TPSA) is 55.4 Å². The van der Waals surface area contributed by atoms with E-state index in [-0.39, 0.29) is 0 Å². The van der Waals surface area contributed by atoms with Crippen molar-refractivity contribution in [3.63, 3.8) is 0 Å². The number of carbonyl (C=O) groups excluding carboxylic acids is 2. The third-order valence-corrected chi connectivity index (χ3v) is 4.51. The summed E-state index contributed by atoms with van der Waals surface area (Å²) < 4.78 is 5.18. The fraction of sp³-hybridized carbons (Fsp3) is 0.0667. The molecule has 0 aromatic heterocycles. The molecule has 0 saturated carbocycles. The summed E-state index contributed by atoms with van der Waals surface area (Å²) in [5.74, 6) is -0.421. The zero-order valence-corrected chi connectivity index (χ0v) is 12.5. The Hall–Kier alpha value is -1.98. The molecule has 21 heavy (non-hydrogen) atoms. The van der Waals surface area contributed by atoms with Gasteiger partial charge < -0.3 is 10.1 Å². The lowest BCUT2D eigenvalue weighted by Gasteiger charge is -2.08. The van der Waals surface area contributed by atoms with E-state index in [1.54, 1.807) is 13.2 Å². The molecule has 106 valence electrons. The summed E-state index contributed by atoms with van der Waals surface area (Å²) in [5.41, 5.74) is 0.819. The van der Waals surface area contributed by atoms with Gasteiger partial charge >= 0.3 is 0 Å². The molecule has 0 fully saturated rings. The minimum absolute atomic E-state index is 0.319. The molecule has 3 rings (SSSR count). The Kier molecular flexibility index (Phi) is 3.61. The van der Waals surface area contributed by atoms with Crippen LogP contribution in [0.2, 0.25) is 5.02 Å². The maximum Gasteiger partial charge on any atom is 0.296 e. The maximum atomic E-state index is 11.6. The van der Waals surface area contributed by atoms with Crippen LogP contribution in [0.4, 0.5) is 5.69 Å². The van der Waals surface area contributed by atoms with Gasteiger partial charge in [-0.1, -0.05) is 29.4 Å². The van der Waals surface area contributed by atoms with Gasteiger partial charge in [0.25, 0.3) is 11.7 Å². The SMILES string of the molecule is COc1cccc(Sc2cc3c(cc2Cl)C(=O)C(=O)N3)c1. The molecule has 1 amide bonds. The summed E-state index contributed by atoms with van der Waals surface area (Å²) in [5, 5.41) is 2.97. The monoisotopic (exact) mass is 319 g/mol. The van der Waals surface area contributed by atoms with Crippen LogP contribution in [0.5, 0.6) is 5.75 Å². The standard InChI is InChI=1S/C15H10ClNO3S/c1-20-8-3-2-4-9(5-8)21-13-7-12-10(6-11(13)16)14(18)15(19)17-12/h2-7H,1H3,(H,17,18,19). The predicted octanol–water partition coefficient (Wildman–Crippen LogP) is 3.63. The van der Waals surface area contributed by atoms with Crippen molar-refractivity contribution >= 4 is 40.7 Å². The number of Topliss-reactive ketones (excluding diaryl/α,β-unsaturated/α-hetero) is 1. The molecule has 1 aliphatic rings. The van der Waals surface area contributed by atoms with Crippen LogP contribution >= 0.6 is 23.4 Å². The van der Waals surface area contributed by atoms with Crippen molar-refractivity contribution in [2.45, 2.75) is 9.79 Å². The first-order chi connectivity index (χ1) is 10.1. The number of amides is 1. The van der Waals surface area contributed by atoms with Gasteiger partial charge in [-0.15, -0.1) is 0 Å². The second-order valence-corrected chi connectivity index (χ2v) is 5.92. The van der Waals surface area contributed by atoms with E-state index in [1.807, 2.05) is 24.3 Å². The maximum absolute atomic E-state index is 11.6. The Morgan fingerprint density at radius 1 is 1.19 bits per heavy atom. The van der Waals surface area contributed by atoms with E-state index < -0.39 is 11.7 Å². The van der Waals surface area contributed by atoms with Gasteiger partial charge in [0.05, 0.1) is 23.4 Å². The molecule has 1 aliphatic heterocycles. The van der Waals surface area contributed by atoms with Crippen molar-refractivity contribution in [1.29, 1.82) is 0 Å². The fourth-order valence-electron chi connectivity index (χ4n) is 2.02. The van der Waals surface area contributed by atoms with Crippen molar-refractivity contribution in [3.8, 4) is 5.75 Å². The highest BCUT2D eigenvalue weighted by Crippen LogP contribution is 2.39. The highest BCUT2D eigenvalue weighted by molar-refractivity contribution is 7.99. The quantitative estimate of drug-likeness (QED) is 0.878. The molecular weight excluding hydrogens is 310 g/mol. The first-order valence-electron chi connectivity index (χ1n) is 6.09. The summed E-state index contributed by atoms with van der Waals surface area (Å²) in [6, 6.07) is 10.8. The van der Waals surface area contributed by atoms with Gasteiger partial charge in [0.1, 0.15) is 5.75 Å². The predicted molar refractivity (Wildman–Crippen MR) is 81.5 cm³/mol. The second-order valence-electron chi connectivity index (χ2n) is 4.39. The molecule has 2 aromatic carbocycles. The van der Waals surface area contributed by atoms with Crippen molar-refractivity contribution in [1.82, 2.24) is 0 Å². The van der Waals surface area contributed by atoms with E-state index >= 15 is 0 Å². The molecule has 0 bridgehead atoms. The van der Waals surface area contributed by atoms with Crippen LogP contribution < -0.4 is 10.1 Å². The largest absolute Gasteiger partial charge is 0.497 e. The minimum atomic E-state index is -0.621. The number of ketones is 1. The van der Waals surface area contributed by atoms with Gasteiger partial charge in [0, 0.05) is 9.79 Å². The van der Waals surface area contributed by atoms with E-state index in [0.29, 0.717) is 16.3 Å². The Bertz CT molecular complexity index is 761. The lowest BCUT2D eigenvalue weighted by atomic mass is 10.1. The van der Waals surface area contributed by atoms with Crippen LogP contribution in [-0.2, 0) is 4.79 Å². The molecule has 1 heterocycles. The number of methoxy groups -OCH3 is 1. The Morgan fingerprint density at radius 3 is 2.76 bits per heavy atom. The molecule has 0 radical (unpaired) electrons. The number of ether oxygens (including phenoxy) is 1. The Morgan fingerprint density at radius 2 is 2.00 bits per heavy atom. The van der Waals surface area contributed by atoms with Gasteiger partial charge in [0.15, 0.2) is 0 Å². The van der Waals surface area contributed by atoms with Crippen molar-refractivity contribution in [3.05, 3.63) is 47.0 Å². The zero-order chi connectivity index (χ0) is 15.0. The summed E-state index contributed by atoms with van der Waals surface area (Å²) >= 11 is 7.64. The second kappa shape index (κ2) is 5.42. The van der Waals surface area contributed by atoms with Gasteiger partial charge in [-0.25, -0.2) is 0 Å². The van der Waals surface area contributed by atoms with E-state index in [4.69, 9.17) is 16.3 Å². The molecule has 0 unspecified atom stereocenters. The van der Waals surface area contributed by atoms with E-state index in [9.17, 15) is 9.59 Å². The number of hydrogen-bond donors (Lipinski definition) is 1. The number of anilines is 1. The first-order valence-corrected chi connectivity index (χ1v) is 7.29. The van der Waals surface area contributed by atoms with E-state index in [2.05, 4.69) is 5.32 Å². The van der Waals surface area contributed by atoms with Crippen LogP contribution in [-0.4, -0.2) is 18.8 Å². The number of carbonyl (C=O) groups is 2. The number of halogens is 1. The van der Waals surface area contributed by atoms with Crippen LogP contribution in [0.1, 0.15) is 10.4 Å². The molecular formula is C15H10ClNO3S. The first kappa shape index (κ1) is 14.0. The van der Waals surface area contributed by atoms with Crippen LogP contribution in [0.15, 0.2) is 46.2 Å². The molecule has 4 nitrogen and oxygen atoms in total. The zero-order valence-electron chi connectivity index (χ0n) is 11.0. The van der Waals surface area contributed by atoms with Crippen LogP contribution in [0, 0.1) is 0 Å². The van der Waals surface area contributed by atoms with Crippen molar-refractivity contribution in [2.75, 3.05) is 12.4 Å². The molecule has 0 saturated heterocycles. The fourth-order valence-corrected chi connectivity index (χ4v) is 3.20. The summed E-state index contributed by atoms with van der Waals surface area (Å²) in [6.45, 7) is 0. The highest BCUT2D eigenvalue weighted by Gasteiger charge is 2.29. The smallest absolute Gasteiger partial charge is 0.296 e. The lowest BCUT2D eigenvalue weighted by Crippen LogP contribution is -2.12. The number of fused-ring (bicyclic) bond motifs is 1. The summed E-state index contributed by atoms with van der Waals surface area (Å²) in [6.07, 6.45) is 0. The molecule has 6 heteroatoms. The lowest BCUT2D eigenvalue weighted by molar-refractivity contribution is -0.112. The third-order valence-electron chi connectivity index (χ3n) is 3.04. The number of rotatable bonds is 3. The molecule has 0 spiro atoms. The van der Waals surface area contributed by atoms with Crippen LogP contribution in [0.25, 0.3) is 0 Å². The number of nitrogens with one attached hydrogen (secondary N) is 1. The molecule has 2 aromatic rings. The van der Waals surface area contributed by atoms with Gasteiger partial charge in [-0.05, 0) is 30.3 Å². The normalized spacial score (nSPS) is 13.0. The van der Waals surface area contributed by atoms with Gasteiger partial charge in [-0.2, -0.15) is 0 Å². The third kappa shape index (κ3) is 2.62. The van der Waals surface area contributed by atoms with E-state index in [1.165, 1.54) is 17.8 Å². The van der Waals surface area contributed by atoms with Crippen molar-refractivity contribution < 1.29 is 14.3 Å². The Labute approximate surface area is 130 Å². The summed E-state index contributed by atoms with van der Waals surface area (Å²) in [4.78, 5) is 24.7. The number of hydrogen-bond acceptors (Lipinski definition) is 4. The highest BCUT2D eigenvalue weighted by atomic mass is 35.5. The minimum Gasteiger partial charge on any atom is -0.497 e. The summed E-state index contributed by atoms with van der Waals surface area (Å²) in [7, 11) is 1.60. The van der Waals surface area contributed by atoms with Crippen LogP contribution in [0.3, 0.4) is 0 Å².